The molecule has 2 aliphatic carbocycles. The van der Waals surface area contributed by atoms with Crippen LogP contribution >= 0.6 is 12.2 Å². The molecule has 3 aliphatic rings. The summed E-state index contributed by atoms with van der Waals surface area (Å²) in [6.07, 6.45) is 11.6. The van der Waals surface area contributed by atoms with Gasteiger partial charge in [-0.15, -0.1) is 0 Å². The number of ether oxygens (including phenoxy) is 8. The first-order chi connectivity index (χ1) is 35.8. The molecule has 3 aromatic rings. The maximum absolute atomic E-state index is 13.6. The minimum atomic E-state index is -0.947. The Balaban J connectivity index is 0.931. The van der Waals surface area contributed by atoms with Gasteiger partial charge in [0.15, 0.2) is 5.11 Å². The molecule has 0 atom stereocenters. The van der Waals surface area contributed by atoms with Gasteiger partial charge in [0.1, 0.15) is 34.5 Å². The second-order valence-electron chi connectivity index (χ2n) is 18.1. The van der Waals surface area contributed by atoms with Crippen molar-refractivity contribution in [1.82, 2.24) is 4.90 Å². The summed E-state index contributed by atoms with van der Waals surface area (Å²) in [5, 5.41) is -0.551. The predicted molar refractivity (Wildman–Crippen MR) is 270 cm³/mol. The number of thiocarbonyl (C=S) groups is 1. The Morgan fingerprint density at radius 1 is 0.473 bits per heavy atom. The lowest BCUT2D eigenvalue weighted by atomic mass is 9.82. The average Bonchev–Trinajstić information content (AvgIpc) is 3.68. The molecular formula is C55H62N2O16S. The first-order valence-electron chi connectivity index (χ1n) is 25.0. The van der Waals surface area contributed by atoms with Gasteiger partial charge in [0.25, 0.3) is 11.8 Å². The number of hydrogen-bond donors (Lipinski definition) is 1. The zero-order chi connectivity index (χ0) is 53.0. The maximum atomic E-state index is 13.6. The molecule has 6 rings (SSSR count). The summed E-state index contributed by atoms with van der Waals surface area (Å²) in [4.78, 5) is 103. The summed E-state index contributed by atoms with van der Waals surface area (Å²) in [6, 6.07) is 16.0. The van der Waals surface area contributed by atoms with Crippen molar-refractivity contribution in [2.45, 2.75) is 103 Å². The third-order valence-electron chi connectivity index (χ3n) is 12.9. The molecule has 394 valence electrons. The number of rotatable bonds is 26. The Hall–Kier alpha value is -7.41. The number of unbranched alkanes of at least 4 members (excludes halogenated alkanes) is 6. The van der Waals surface area contributed by atoms with Crippen LogP contribution in [0.15, 0.2) is 86.0 Å². The Morgan fingerprint density at radius 3 is 1.08 bits per heavy atom. The second-order valence-corrected chi connectivity index (χ2v) is 18.5. The van der Waals surface area contributed by atoms with Crippen molar-refractivity contribution >= 4 is 65.0 Å². The van der Waals surface area contributed by atoms with E-state index in [1.807, 2.05) is 0 Å². The third kappa shape index (κ3) is 16.0. The minimum Gasteiger partial charge on any atom is -0.494 e. The molecule has 19 heteroatoms. The van der Waals surface area contributed by atoms with Crippen LogP contribution in [0.3, 0.4) is 0 Å². The molecule has 0 unspecified atom stereocenters. The monoisotopic (exact) mass is 1040 g/mol. The van der Waals surface area contributed by atoms with Gasteiger partial charge in [-0.1, -0.05) is 13.2 Å². The standard InChI is InChI=1S/C55H62N2O16S/c1-3-45(58)68-33-11-7-5-9-31-66-39-21-25-41(26-22-39)70-51(62)35-13-17-37(18-14-35)53(64)72-43-29-30-44(48-47(43)49(60)57(50(48)61)55(56)74)73-54(65)38-19-15-36(16-20-38)52(63)71-42-27-23-40(24-28-42)67-32-10-6-8-12-34-69-46(59)4-2/h3-4,21-30,35-38H,1-2,5-20,31-34H2,(H2,56,74). The summed E-state index contributed by atoms with van der Waals surface area (Å²) < 4.78 is 44.3. The van der Waals surface area contributed by atoms with Gasteiger partial charge in [-0.05, 0) is 176 Å². The molecule has 2 amide bonds. The molecule has 2 saturated carbocycles. The number of carbonyl (C=O) groups is 8. The summed E-state index contributed by atoms with van der Waals surface area (Å²) in [5.41, 5.74) is 5.10. The largest absolute Gasteiger partial charge is 0.494 e. The molecular weight excluding hydrogens is 977 g/mol. The van der Waals surface area contributed by atoms with Crippen LogP contribution in [0.1, 0.15) is 123 Å². The topological polar surface area (TPSA) is 240 Å². The van der Waals surface area contributed by atoms with Gasteiger partial charge < -0.3 is 43.6 Å². The van der Waals surface area contributed by atoms with Crippen molar-refractivity contribution in [2.24, 2.45) is 29.4 Å². The van der Waals surface area contributed by atoms with Crippen molar-refractivity contribution < 1.29 is 76.3 Å². The number of nitrogens with zero attached hydrogens (tertiary/aromatic N) is 1. The van der Waals surface area contributed by atoms with Gasteiger partial charge in [0.05, 0.1) is 61.2 Å². The molecule has 2 fully saturated rings. The molecule has 0 spiro atoms. The summed E-state index contributed by atoms with van der Waals surface area (Å²) in [7, 11) is 0. The van der Waals surface area contributed by atoms with Crippen molar-refractivity contribution in [2.75, 3.05) is 26.4 Å². The molecule has 1 aliphatic heterocycles. The SMILES string of the molecule is C=CC(=O)OCCCCCCOc1ccc(OC(=O)C2CCC(C(=O)Oc3ccc(OC(=O)C4CCC(C(=O)Oc5ccc(OCCCCCCOC(=O)C=C)cc5)CC4)c4c3C(=O)N(C(N)=S)C4=O)CC2)cc1. The van der Waals surface area contributed by atoms with Crippen molar-refractivity contribution in [3.05, 3.63) is 97.1 Å². The second kappa shape index (κ2) is 28.2. The van der Waals surface area contributed by atoms with E-state index in [4.69, 9.17) is 55.8 Å². The van der Waals surface area contributed by atoms with Gasteiger partial charge in [-0.25, -0.2) is 14.5 Å². The normalized spacial score (nSPS) is 18.0. The van der Waals surface area contributed by atoms with E-state index >= 15 is 0 Å². The minimum absolute atomic E-state index is 0.241. The van der Waals surface area contributed by atoms with Gasteiger partial charge in [0, 0.05) is 12.2 Å². The molecule has 74 heavy (non-hydrogen) atoms. The fourth-order valence-corrected chi connectivity index (χ4v) is 8.92. The van der Waals surface area contributed by atoms with Crippen LogP contribution in [0.2, 0.25) is 0 Å². The molecule has 18 nitrogen and oxygen atoms in total. The van der Waals surface area contributed by atoms with Crippen molar-refractivity contribution in [3.8, 4) is 34.5 Å². The fraction of sp³-hybridized carbons (Fsp3) is 0.436. The number of nitrogens with two attached hydrogens (primary N) is 1. The van der Waals surface area contributed by atoms with Gasteiger partial charge >= 0.3 is 35.8 Å². The molecule has 1 heterocycles. The van der Waals surface area contributed by atoms with E-state index in [-0.39, 0.29) is 22.6 Å². The first-order valence-corrected chi connectivity index (χ1v) is 25.4. The molecule has 0 saturated heterocycles. The number of hydrogen-bond acceptors (Lipinski definition) is 17. The quantitative estimate of drug-likeness (QED) is 0.0198. The van der Waals surface area contributed by atoms with Crippen LogP contribution in [0, 0.1) is 23.7 Å². The van der Waals surface area contributed by atoms with E-state index in [0.717, 1.165) is 63.5 Å². The molecule has 2 N–H and O–H groups in total. The van der Waals surface area contributed by atoms with Crippen LogP contribution in [0.4, 0.5) is 0 Å². The van der Waals surface area contributed by atoms with Gasteiger partial charge in [-0.3, -0.25) is 28.8 Å². The van der Waals surface area contributed by atoms with Crippen LogP contribution in [-0.2, 0) is 38.2 Å². The average molecular weight is 1040 g/mol. The van der Waals surface area contributed by atoms with Gasteiger partial charge in [-0.2, -0.15) is 0 Å². The highest BCUT2D eigenvalue weighted by atomic mass is 32.1. The number of benzene rings is 3. The number of amides is 2. The lowest BCUT2D eigenvalue weighted by Gasteiger charge is -2.26. The van der Waals surface area contributed by atoms with Crippen molar-refractivity contribution in [1.29, 1.82) is 0 Å². The Kier molecular flexibility index (Phi) is 21.3. The Morgan fingerprint density at radius 2 is 0.770 bits per heavy atom. The van der Waals surface area contributed by atoms with Gasteiger partial charge in [0.2, 0.25) is 0 Å². The zero-order valence-electron chi connectivity index (χ0n) is 41.3. The maximum Gasteiger partial charge on any atom is 0.330 e. The zero-order valence-corrected chi connectivity index (χ0v) is 42.1. The molecule has 3 aromatic carbocycles. The molecule has 0 radical (unpaired) electrons. The summed E-state index contributed by atoms with van der Waals surface area (Å²) in [5.74, 6) is -5.70. The molecule has 0 aromatic heterocycles. The van der Waals surface area contributed by atoms with Crippen molar-refractivity contribution in [3.63, 3.8) is 0 Å². The van der Waals surface area contributed by atoms with E-state index in [1.165, 1.54) is 12.1 Å². The van der Waals surface area contributed by atoms with Crippen LogP contribution in [0.25, 0.3) is 0 Å². The highest BCUT2D eigenvalue weighted by molar-refractivity contribution is 7.80. The lowest BCUT2D eigenvalue weighted by molar-refractivity contribution is -0.145. The highest BCUT2D eigenvalue weighted by Gasteiger charge is 2.44. The summed E-state index contributed by atoms with van der Waals surface area (Å²) >= 11 is 5.00. The number of carbonyl (C=O) groups excluding carboxylic acids is 8. The van der Waals surface area contributed by atoms with Crippen LogP contribution in [-0.4, -0.2) is 84.1 Å². The molecule has 0 bridgehead atoms. The van der Waals surface area contributed by atoms with E-state index in [2.05, 4.69) is 13.2 Å². The highest BCUT2D eigenvalue weighted by Crippen LogP contribution is 2.40. The van der Waals surface area contributed by atoms with E-state index < -0.39 is 76.4 Å². The number of esters is 6. The number of fused-ring (bicyclic) bond motifs is 1. The van der Waals surface area contributed by atoms with Crippen LogP contribution < -0.4 is 34.2 Å². The van der Waals surface area contributed by atoms with E-state index in [1.54, 1.807) is 48.5 Å². The summed E-state index contributed by atoms with van der Waals surface area (Å²) in [6.45, 7) is 8.45. The third-order valence-corrected chi connectivity index (χ3v) is 13.1. The first kappa shape index (κ1) is 55.9. The van der Waals surface area contributed by atoms with E-state index in [0.29, 0.717) is 106 Å². The fourth-order valence-electron chi connectivity index (χ4n) is 8.75. The lowest BCUT2D eigenvalue weighted by Crippen LogP contribution is -2.40. The Bertz CT molecular complexity index is 2360. The van der Waals surface area contributed by atoms with E-state index in [9.17, 15) is 38.4 Å². The smallest absolute Gasteiger partial charge is 0.330 e. The number of imide groups is 1. The Labute approximate surface area is 434 Å². The predicted octanol–water partition coefficient (Wildman–Crippen LogP) is 8.50. The van der Waals surface area contributed by atoms with Crippen LogP contribution in [0.5, 0.6) is 34.5 Å².